The molecule has 5 nitrogen and oxygen atoms in total. The van der Waals surface area contributed by atoms with Gasteiger partial charge >= 0.3 is 0 Å². The van der Waals surface area contributed by atoms with E-state index in [9.17, 15) is 14.7 Å². The van der Waals surface area contributed by atoms with Crippen LogP contribution >= 0.6 is 0 Å². The second kappa shape index (κ2) is 8.51. The minimum atomic E-state index is -0.909. The van der Waals surface area contributed by atoms with Crippen molar-refractivity contribution in [2.45, 2.75) is 12.5 Å². The maximum absolute atomic E-state index is 12.1. The van der Waals surface area contributed by atoms with Crippen molar-refractivity contribution in [3.63, 3.8) is 0 Å². The molecule has 5 heteroatoms. The van der Waals surface area contributed by atoms with Crippen LogP contribution in [0.2, 0.25) is 0 Å². The molecule has 0 saturated carbocycles. The maximum atomic E-state index is 12.1. The van der Waals surface area contributed by atoms with Crippen LogP contribution in [0, 0.1) is 12.3 Å². The zero-order chi connectivity index (χ0) is 17.4. The van der Waals surface area contributed by atoms with Crippen LogP contribution < -0.4 is 10.6 Å². The van der Waals surface area contributed by atoms with Gasteiger partial charge in [-0.25, -0.2) is 0 Å². The number of para-hydroxylation sites is 1. The first-order valence-electron chi connectivity index (χ1n) is 7.45. The Morgan fingerprint density at radius 3 is 2.46 bits per heavy atom. The molecule has 2 aromatic carbocycles. The molecule has 2 aromatic rings. The van der Waals surface area contributed by atoms with Crippen LogP contribution in [0.1, 0.15) is 28.4 Å². The van der Waals surface area contributed by atoms with E-state index in [1.807, 2.05) is 6.07 Å². The molecular weight excluding hydrogens is 304 g/mol. The van der Waals surface area contributed by atoms with E-state index in [1.165, 1.54) is 0 Å². The molecule has 0 radical (unpaired) electrons. The standard InChI is InChI=1S/C19H18N2O3/c1-2-12-20-19(24)15-10-6-7-11-16(15)21-18(23)13-17(22)14-8-4-3-5-9-14/h1,3-11,17,22H,12-13H2,(H,20,24)(H,21,23). The fraction of sp³-hybridized carbons (Fsp3) is 0.158. The number of amides is 2. The van der Waals surface area contributed by atoms with Gasteiger partial charge in [0.2, 0.25) is 5.91 Å². The number of aliphatic hydroxyl groups excluding tert-OH is 1. The lowest BCUT2D eigenvalue weighted by Gasteiger charge is -2.13. The van der Waals surface area contributed by atoms with E-state index >= 15 is 0 Å². The second-order valence-corrected chi connectivity index (χ2v) is 5.11. The SMILES string of the molecule is C#CCNC(=O)c1ccccc1NC(=O)CC(O)c1ccccc1. The van der Waals surface area contributed by atoms with Crippen molar-refractivity contribution in [3.8, 4) is 12.3 Å². The third-order valence-corrected chi connectivity index (χ3v) is 3.36. The van der Waals surface area contributed by atoms with Gasteiger partial charge in [-0.3, -0.25) is 9.59 Å². The lowest BCUT2D eigenvalue weighted by atomic mass is 10.1. The average Bonchev–Trinajstić information content (AvgIpc) is 2.60. The Bertz CT molecular complexity index is 751. The summed E-state index contributed by atoms with van der Waals surface area (Å²) in [5.74, 6) is 1.57. The zero-order valence-electron chi connectivity index (χ0n) is 13.0. The summed E-state index contributed by atoms with van der Waals surface area (Å²) in [5, 5.41) is 15.3. The summed E-state index contributed by atoms with van der Waals surface area (Å²) >= 11 is 0. The fourth-order valence-corrected chi connectivity index (χ4v) is 2.19. The minimum Gasteiger partial charge on any atom is -0.388 e. The molecule has 1 unspecified atom stereocenters. The van der Waals surface area contributed by atoms with Gasteiger partial charge in [0.1, 0.15) is 0 Å². The van der Waals surface area contributed by atoms with Crippen LogP contribution in [0.25, 0.3) is 0 Å². The zero-order valence-corrected chi connectivity index (χ0v) is 13.0. The normalized spacial score (nSPS) is 11.2. The highest BCUT2D eigenvalue weighted by atomic mass is 16.3. The Labute approximate surface area is 140 Å². The Morgan fingerprint density at radius 2 is 1.75 bits per heavy atom. The summed E-state index contributed by atoms with van der Waals surface area (Å²) in [7, 11) is 0. The molecule has 0 aromatic heterocycles. The molecule has 2 amide bonds. The van der Waals surface area contributed by atoms with Crippen molar-refractivity contribution < 1.29 is 14.7 Å². The summed E-state index contributed by atoms with van der Waals surface area (Å²) in [4.78, 5) is 24.2. The van der Waals surface area contributed by atoms with Crippen LogP contribution in [0.15, 0.2) is 54.6 Å². The molecule has 0 fully saturated rings. The molecule has 122 valence electrons. The van der Waals surface area contributed by atoms with Crippen molar-refractivity contribution in [2.75, 3.05) is 11.9 Å². The molecule has 0 heterocycles. The van der Waals surface area contributed by atoms with Gasteiger partial charge in [0.25, 0.3) is 5.91 Å². The van der Waals surface area contributed by atoms with Crippen molar-refractivity contribution >= 4 is 17.5 Å². The summed E-state index contributed by atoms with van der Waals surface area (Å²) in [6.07, 6.45) is 4.11. The lowest BCUT2D eigenvalue weighted by molar-refractivity contribution is -0.118. The van der Waals surface area contributed by atoms with E-state index in [2.05, 4.69) is 16.6 Å². The maximum Gasteiger partial charge on any atom is 0.254 e. The monoisotopic (exact) mass is 322 g/mol. The van der Waals surface area contributed by atoms with Gasteiger partial charge in [0.15, 0.2) is 0 Å². The van der Waals surface area contributed by atoms with Gasteiger partial charge in [-0.1, -0.05) is 48.4 Å². The number of carbonyl (C=O) groups excluding carboxylic acids is 2. The van der Waals surface area contributed by atoms with E-state index in [-0.39, 0.29) is 24.8 Å². The molecule has 0 aliphatic rings. The lowest BCUT2D eigenvalue weighted by Crippen LogP contribution is -2.25. The smallest absolute Gasteiger partial charge is 0.254 e. The van der Waals surface area contributed by atoms with Crippen LogP contribution in [-0.2, 0) is 4.79 Å². The highest BCUT2D eigenvalue weighted by Gasteiger charge is 2.16. The van der Waals surface area contributed by atoms with Gasteiger partial charge in [-0.15, -0.1) is 6.42 Å². The van der Waals surface area contributed by atoms with Crippen LogP contribution in [0.5, 0.6) is 0 Å². The highest BCUT2D eigenvalue weighted by molar-refractivity contribution is 6.03. The largest absolute Gasteiger partial charge is 0.388 e. The fourth-order valence-electron chi connectivity index (χ4n) is 2.19. The number of nitrogens with one attached hydrogen (secondary N) is 2. The Balaban J connectivity index is 2.04. The molecular formula is C19H18N2O3. The van der Waals surface area contributed by atoms with Crippen molar-refractivity contribution in [3.05, 3.63) is 65.7 Å². The van der Waals surface area contributed by atoms with Gasteiger partial charge in [0, 0.05) is 0 Å². The third-order valence-electron chi connectivity index (χ3n) is 3.36. The number of carbonyl (C=O) groups is 2. The highest BCUT2D eigenvalue weighted by Crippen LogP contribution is 2.19. The third kappa shape index (κ3) is 4.70. The molecule has 0 bridgehead atoms. The first kappa shape index (κ1) is 17.3. The second-order valence-electron chi connectivity index (χ2n) is 5.11. The summed E-state index contributed by atoms with van der Waals surface area (Å²) < 4.78 is 0. The molecule has 1 atom stereocenters. The predicted molar refractivity (Wildman–Crippen MR) is 92.3 cm³/mol. The topological polar surface area (TPSA) is 78.4 Å². The first-order valence-corrected chi connectivity index (χ1v) is 7.45. The number of aliphatic hydroxyl groups is 1. The quantitative estimate of drug-likeness (QED) is 0.713. The number of anilines is 1. The number of rotatable bonds is 6. The van der Waals surface area contributed by atoms with Gasteiger partial charge in [-0.2, -0.15) is 0 Å². The molecule has 0 spiro atoms. The van der Waals surface area contributed by atoms with Crippen molar-refractivity contribution in [1.82, 2.24) is 5.32 Å². The number of hydrogen-bond acceptors (Lipinski definition) is 3. The van der Waals surface area contributed by atoms with E-state index < -0.39 is 6.10 Å². The summed E-state index contributed by atoms with van der Waals surface area (Å²) in [6, 6.07) is 15.5. The van der Waals surface area contributed by atoms with Gasteiger partial charge in [-0.05, 0) is 17.7 Å². The molecule has 3 N–H and O–H groups in total. The number of terminal acetylenes is 1. The summed E-state index contributed by atoms with van der Waals surface area (Å²) in [6.45, 7) is 0.105. The van der Waals surface area contributed by atoms with E-state index in [0.717, 1.165) is 0 Å². The molecule has 0 aliphatic carbocycles. The van der Waals surface area contributed by atoms with Gasteiger partial charge < -0.3 is 15.7 Å². The first-order chi connectivity index (χ1) is 11.6. The molecule has 0 aliphatic heterocycles. The Hall–Kier alpha value is -3.10. The molecule has 0 saturated heterocycles. The van der Waals surface area contributed by atoms with E-state index in [4.69, 9.17) is 6.42 Å². The average molecular weight is 322 g/mol. The van der Waals surface area contributed by atoms with Crippen molar-refractivity contribution in [2.24, 2.45) is 0 Å². The van der Waals surface area contributed by atoms with E-state index in [1.54, 1.807) is 48.5 Å². The van der Waals surface area contributed by atoms with Crippen LogP contribution in [0.4, 0.5) is 5.69 Å². The molecule has 2 rings (SSSR count). The van der Waals surface area contributed by atoms with Crippen LogP contribution in [-0.4, -0.2) is 23.5 Å². The molecule has 24 heavy (non-hydrogen) atoms. The van der Waals surface area contributed by atoms with E-state index in [0.29, 0.717) is 16.8 Å². The van der Waals surface area contributed by atoms with Crippen LogP contribution in [0.3, 0.4) is 0 Å². The van der Waals surface area contributed by atoms with Gasteiger partial charge in [0.05, 0.1) is 30.3 Å². The minimum absolute atomic E-state index is 0.105. The Kier molecular flexibility index (Phi) is 6.12. The predicted octanol–water partition coefficient (Wildman–Crippen LogP) is 2.11. The van der Waals surface area contributed by atoms with Crippen molar-refractivity contribution in [1.29, 1.82) is 0 Å². The summed E-state index contributed by atoms with van der Waals surface area (Å²) in [5.41, 5.74) is 1.35. The number of hydrogen-bond donors (Lipinski definition) is 3. The Morgan fingerprint density at radius 1 is 1.08 bits per heavy atom. The number of benzene rings is 2.